The molecular formula is C33H47N3O15P2. The molecule has 0 radical (unpaired) electrons. The quantitative estimate of drug-likeness (QED) is 0.158. The van der Waals surface area contributed by atoms with Gasteiger partial charge >= 0.3 is 27.6 Å². The SMILES string of the molecule is COc1ccc(-n2c(C(=O)N(C)C)c(OC(=O)C3CCC(COP(=O)(O)O)CC3)c(OC(=O)C3CCC(COP(=O)(O)O)CC3)c2C(=O)N(C)C)cc1. The van der Waals surface area contributed by atoms with E-state index in [0.29, 0.717) is 31.4 Å². The zero-order valence-electron chi connectivity index (χ0n) is 30.2. The largest absolute Gasteiger partial charge is 0.497 e. The topological polar surface area (TPSA) is 241 Å². The summed E-state index contributed by atoms with van der Waals surface area (Å²) >= 11 is 0. The van der Waals surface area contributed by atoms with E-state index in [1.165, 1.54) is 49.7 Å². The average Bonchev–Trinajstić information content (AvgIpc) is 3.41. The van der Waals surface area contributed by atoms with Gasteiger partial charge in [-0.2, -0.15) is 0 Å². The number of aromatic nitrogens is 1. The van der Waals surface area contributed by atoms with Crippen molar-refractivity contribution in [3.8, 4) is 22.9 Å². The Bertz CT molecular complexity index is 1630. The number of nitrogens with zero attached hydrogens (tertiary/aromatic N) is 3. The average molecular weight is 788 g/mol. The second-order valence-electron chi connectivity index (χ2n) is 13.6. The molecule has 294 valence electrons. The highest BCUT2D eigenvalue weighted by molar-refractivity contribution is 7.46. The van der Waals surface area contributed by atoms with E-state index in [-0.39, 0.29) is 67.8 Å². The fourth-order valence-electron chi connectivity index (χ4n) is 6.42. The molecule has 1 heterocycles. The van der Waals surface area contributed by atoms with Crippen LogP contribution in [0.5, 0.6) is 17.2 Å². The van der Waals surface area contributed by atoms with Crippen LogP contribution in [0.1, 0.15) is 72.3 Å². The molecule has 4 rings (SSSR count). The van der Waals surface area contributed by atoms with E-state index < -0.39 is 62.7 Å². The van der Waals surface area contributed by atoms with Gasteiger partial charge in [-0.1, -0.05) is 0 Å². The summed E-state index contributed by atoms with van der Waals surface area (Å²) in [5.41, 5.74) is -0.232. The minimum absolute atomic E-state index is 0.188. The van der Waals surface area contributed by atoms with E-state index in [1.54, 1.807) is 24.3 Å². The van der Waals surface area contributed by atoms with Gasteiger partial charge in [-0.3, -0.25) is 32.8 Å². The lowest BCUT2D eigenvalue weighted by Crippen LogP contribution is -2.29. The van der Waals surface area contributed by atoms with Crippen LogP contribution in [-0.4, -0.2) is 106 Å². The van der Waals surface area contributed by atoms with Gasteiger partial charge in [0.2, 0.25) is 11.5 Å². The number of phosphoric acid groups is 2. The number of amides is 2. The van der Waals surface area contributed by atoms with Crippen molar-refractivity contribution in [3.63, 3.8) is 0 Å². The second kappa shape index (κ2) is 17.7. The number of methoxy groups -OCH3 is 1. The summed E-state index contributed by atoms with van der Waals surface area (Å²) in [5.74, 6) is -5.09. The Balaban J connectivity index is 1.77. The molecule has 1 aromatic heterocycles. The predicted octanol–water partition coefficient (Wildman–Crippen LogP) is 3.53. The first-order chi connectivity index (χ1) is 24.8. The number of phosphoric ester groups is 2. The maximum atomic E-state index is 14.0. The van der Waals surface area contributed by atoms with E-state index in [1.807, 2.05) is 0 Å². The predicted molar refractivity (Wildman–Crippen MR) is 187 cm³/mol. The summed E-state index contributed by atoms with van der Waals surface area (Å²) in [6.07, 6.45) is 2.67. The number of hydrogen-bond acceptors (Lipinski definition) is 11. The smallest absolute Gasteiger partial charge is 0.469 e. The second-order valence-corrected chi connectivity index (χ2v) is 16.1. The molecule has 0 unspecified atom stereocenters. The number of carbonyl (C=O) groups excluding carboxylic acids is 4. The lowest BCUT2D eigenvalue weighted by Gasteiger charge is -2.27. The van der Waals surface area contributed by atoms with Crippen LogP contribution in [0.25, 0.3) is 5.69 Å². The summed E-state index contributed by atoms with van der Waals surface area (Å²) in [6.45, 7) is -0.375. The molecule has 0 atom stereocenters. The van der Waals surface area contributed by atoms with Crippen LogP contribution in [0.3, 0.4) is 0 Å². The molecule has 18 nitrogen and oxygen atoms in total. The van der Waals surface area contributed by atoms with Gasteiger partial charge in [0.1, 0.15) is 5.75 Å². The third-order valence-corrected chi connectivity index (χ3v) is 10.3. The molecule has 0 saturated heterocycles. The molecule has 0 spiro atoms. The highest BCUT2D eigenvalue weighted by Gasteiger charge is 2.40. The number of carbonyl (C=O) groups is 4. The zero-order valence-corrected chi connectivity index (χ0v) is 32.0. The summed E-state index contributed by atoms with van der Waals surface area (Å²) in [5, 5.41) is 0. The molecule has 2 fully saturated rings. The minimum atomic E-state index is -4.67. The summed E-state index contributed by atoms with van der Waals surface area (Å²) in [4.78, 5) is 94.5. The van der Waals surface area contributed by atoms with Crippen molar-refractivity contribution in [3.05, 3.63) is 35.7 Å². The van der Waals surface area contributed by atoms with Crippen molar-refractivity contribution >= 4 is 39.4 Å². The Kier molecular flexibility index (Phi) is 14.1. The van der Waals surface area contributed by atoms with Gasteiger partial charge in [-0.25, -0.2) is 9.13 Å². The Labute approximate surface area is 306 Å². The molecule has 20 heteroatoms. The molecule has 0 aliphatic heterocycles. The van der Waals surface area contributed by atoms with Gasteiger partial charge in [0.25, 0.3) is 11.8 Å². The number of rotatable bonds is 14. The first-order valence-corrected chi connectivity index (χ1v) is 20.1. The van der Waals surface area contributed by atoms with Gasteiger partial charge in [0.15, 0.2) is 11.4 Å². The molecule has 2 saturated carbocycles. The summed E-state index contributed by atoms with van der Waals surface area (Å²) in [6, 6.07) is 6.36. The number of ether oxygens (including phenoxy) is 3. The number of benzene rings is 1. The first kappa shape index (κ1) is 42.1. The highest BCUT2D eigenvalue weighted by Crippen LogP contribution is 2.45. The maximum absolute atomic E-state index is 14.0. The van der Waals surface area contributed by atoms with Crippen molar-refractivity contribution in [2.75, 3.05) is 48.5 Å². The molecule has 2 aromatic rings. The third kappa shape index (κ3) is 11.2. The molecule has 1 aromatic carbocycles. The molecule has 4 N–H and O–H groups in total. The van der Waals surface area contributed by atoms with E-state index in [0.717, 1.165) is 0 Å². The minimum Gasteiger partial charge on any atom is -0.497 e. The van der Waals surface area contributed by atoms with Gasteiger partial charge < -0.3 is 43.6 Å². The van der Waals surface area contributed by atoms with Crippen LogP contribution >= 0.6 is 15.6 Å². The van der Waals surface area contributed by atoms with Crippen molar-refractivity contribution in [1.82, 2.24) is 14.4 Å². The molecule has 53 heavy (non-hydrogen) atoms. The van der Waals surface area contributed by atoms with E-state index >= 15 is 0 Å². The van der Waals surface area contributed by atoms with E-state index in [4.69, 9.17) is 33.8 Å². The molecular weight excluding hydrogens is 740 g/mol. The summed E-state index contributed by atoms with van der Waals surface area (Å²) < 4.78 is 50.2. The van der Waals surface area contributed by atoms with Gasteiger partial charge in [-0.15, -0.1) is 0 Å². The highest BCUT2D eigenvalue weighted by atomic mass is 31.2. The van der Waals surface area contributed by atoms with Crippen LogP contribution in [-0.2, 0) is 27.8 Å². The number of esters is 2. The fraction of sp³-hybridized carbons (Fsp3) is 0.576. The first-order valence-electron chi connectivity index (χ1n) is 17.0. The Hall–Kier alpha value is -3.60. The molecule has 0 bridgehead atoms. The van der Waals surface area contributed by atoms with Gasteiger partial charge in [0, 0.05) is 33.9 Å². The van der Waals surface area contributed by atoms with Gasteiger partial charge in [-0.05, 0) is 87.5 Å². The molecule has 2 amide bonds. The van der Waals surface area contributed by atoms with Crippen LogP contribution in [0.15, 0.2) is 24.3 Å². The van der Waals surface area contributed by atoms with Crippen molar-refractivity contribution < 1.29 is 71.1 Å². The third-order valence-electron chi connectivity index (χ3n) is 9.35. The van der Waals surface area contributed by atoms with Crippen LogP contribution < -0.4 is 14.2 Å². The lowest BCUT2D eigenvalue weighted by molar-refractivity contribution is -0.143. The lowest BCUT2D eigenvalue weighted by atomic mass is 9.82. The Morgan fingerprint density at radius 2 is 1.02 bits per heavy atom. The molecule has 2 aliphatic rings. The standard InChI is InChI=1S/C33H47N3O15P2/c1-34(2)30(37)26-28(50-32(39)22-10-6-20(7-11-22)18-48-52(41,42)43)29(51-33(40)23-12-8-21(9-13-23)19-49-53(44,45)46)27(31(38)35(3)4)36(26)24-14-16-25(47-5)17-15-24/h14-17,20-23H,6-13,18-19H2,1-5H3,(H2,41,42,43)(H2,44,45,46). The molecule has 2 aliphatic carbocycles. The normalized spacial score (nSPS) is 20.7. The van der Waals surface area contributed by atoms with Crippen molar-refractivity contribution in [1.29, 1.82) is 0 Å². The van der Waals surface area contributed by atoms with E-state index in [9.17, 15) is 28.3 Å². The zero-order chi connectivity index (χ0) is 39.2. The van der Waals surface area contributed by atoms with Crippen LogP contribution in [0, 0.1) is 23.7 Å². The van der Waals surface area contributed by atoms with Crippen molar-refractivity contribution in [2.45, 2.75) is 51.4 Å². The van der Waals surface area contributed by atoms with Crippen LogP contribution in [0.4, 0.5) is 0 Å². The maximum Gasteiger partial charge on any atom is 0.469 e. The monoisotopic (exact) mass is 787 g/mol. The number of hydrogen-bond donors (Lipinski definition) is 4. The Morgan fingerprint density at radius 1 is 0.660 bits per heavy atom. The van der Waals surface area contributed by atoms with E-state index in [2.05, 4.69) is 9.05 Å². The Morgan fingerprint density at radius 3 is 1.32 bits per heavy atom. The van der Waals surface area contributed by atoms with Crippen LogP contribution in [0.2, 0.25) is 0 Å². The van der Waals surface area contributed by atoms with Crippen molar-refractivity contribution in [2.24, 2.45) is 23.7 Å². The summed E-state index contributed by atoms with van der Waals surface area (Å²) in [7, 11) is -2.00. The van der Waals surface area contributed by atoms with Gasteiger partial charge in [0.05, 0.1) is 32.2 Å². The fourth-order valence-corrected chi connectivity index (χ4v) is 7.23.